The summed E-state index contributed by atoms with van der Waals surface area (Å²) >= 11 is 5.28. The van der Waals surface area contributed by atoms with Gasteiger partial charge in [-0.2, -0.15) is 5.10 Å². The van der Waals surface area contributed by atoms with E-state index in [2.05, 4.69) is 20.6 Å². The lowest BCUT2D eigenvalue weighted by atomic mass is 10.2. The lowest BCUT2D eigenvalue weighted by molar-refractivity contribution is 0.410. The average molecular weight is 313 g/mol. The first-order valence-corrected chi connectivity index (χ1v) is 7.14. The minimum absolute atomic E-state index is 0.502. The van der Waals surface area contributed by atoms with Crippen LogP contribution in [0.2, 0.25) is 0 Å². The van der Waals surface area contributed by atoms with Crippen LogP contribution in [0, 0.1) is 4.77 Å². The van der Waals surface area contributed by atoms with Gasteiger partial charge in [-0.25, -0.2) is 9.77 Å². The van der Waals surface area contributed by atoms with Gasteiger partial charge in [-0.1, -0.05) is 18.2 Å². The maximum atomic E-state index is 5.35. The van der Waals surface area contributed by atoms with Crippen molar-refractivity contribution >= 4 is 12.2 Å². The number of hydrogen-bond acceptors (Lipinski definition) is 5. The third-order valence-electron chi connectivity index (χ3n) is 3.23. The van der Waals surface area contributed by atoms with Gasteiger partial charge in [0.15, 0.2) is 5.82 Å². The first-order valence-electron chi connectivity index (χ1n) is 6.73. The van der Waals surface area contributed by atoms with E-state index in [0.29, 0.717) is 17.1 Å². The van der Waals surface area contributed by atoms with E-state index in [1.54, 1.807) is 24.2 Å². The van der Waals surface area contributed by atoms with E-state index in [9.17, 15) is 0 Å². The molecule has 0 radical (unpaired) electrons. The second-order valence-corrected chi connectivity index (χ2v) is 4.96. The number of H-pyrrole nitrogens is 1. The van der Waals surface area contributed by atoms with Gasteiger partial charge >= 0.3 is 0 Å². The first kappa shape index (κ1) is 14.3. The Hall–Kier alpha value is -2.67. The van der Waals surface area contributed by atoms with Crippen molar-refractivity contribution in [2.75, 3.05) is 12.5 Å². The molecule has 0 spiro atoms. The highest BCUT2D eigenvalue weighted by molar-refractivity contribution is 7.71. The molecule has 22 heavy (non-hydrogen) atoms. The zero-order valence-electron chi connectivity index (χ0n) is 12.0. The number of nitrogens with zero attached hydrogens (tertiary/aromatic N) is 3. The second-order valence-electron chi connectivity index (χ2n) is 4.57. The summed E-state index contributed by atoms with van der Waals surface area (Å²) in [7, 11) is 1.66. The minimum atomic E-state index is 0.502. The molecule has 3 rings (SSSR count). The fourth-order valence-corrected chi connectivity index (χ4v) is 2.35. The highest BCUT2D eigenvalue weighted by atomic mass is 32.1. The average Bonchev–Trinajstić information content (AvgIpc) is 2.95. The molecule has 2 N–H and O–H groups in total. The zero-order chi connectivity index (χ0) is 15.4. The van der Waals surface area contributed by atoms with Gasteiger partial charge in [0, 0.05) is 23.5 Å². The van der Waals surface area contributed by atoms with Gasteiger partial charge < -0.3 is 10.2 Å². The van der Waals surface area contributed by atoms with Crippen molar-refractivity contribution in [3.8, 4) is 17.1 Å². The van der Waals surface area contributed by atoms with Crippen LogP contribution in [0.5, 0.6) is 5.75 Å². The van der Waals surface area contributed by atoms with Crippen LogP contribution in [-0.4, -0.2) is 27.0 Å². The molecule has 0 aliphatic heterocycles. The van der Waals surface area contributed by atoms with Gasteiger partial charge in [-0.3, -0.25) is 4.98 Å². The van der Waals surface area contributed by atoms with Crippen LogP contribution in [0.1, 0.15) is 5.56 Å². The number of pyridine rings is 1. The summed E-state index contributed by atoms with van der Waals surface area (Å²) in [4.78, 5) is 4.01. The van der Waals surface area contributed by atoms with Crippen LogP contribution in [0.15, 0.2) is 48.8 Å². The van der Waals surface area contributed by atoms with Crippen molar-refractivity contribution in [2.24, 2.45) is 0 Å². The molecule has 0 aliphatic carbocycles. The minimum Gasteiger partial charge on any atom is -0.496 e. The van der Waals surface area contributed by atoms with E-state index in [-0.39, 0.29) is 0 Å². The number of ether oxygens (including phenoxy) is 1. The number of rotatable bonds is 5. The number of methoxy groups -OCH3 is 1. The van der Waals surface area contributed by atoms with Crippen molar-refractivity contribution in [2.45, 2.75) is 6.54 Å². The molecule has 6 nitrogen and oxygen atoms in total. The number of para-hydroxylation sites is 1. The van der Waals surface area contributed by atoms with E-state index in [0.717, 1.165) is 16.9 Å². The van der Waals surface area contributed by atoms with Crippen molar-refractivity contribution in [1.29, 1.82) is 0 Å². The first-order chi connectivity index (χ1) is 10.8. The maximum absolute atomic E-state index is 5.35. The van der Waals surface area contributed by atoms with Gasteiger partial charge in [0.2, 0.25) is 4.77 Å². The van der Waals surface area contributed by atoms with E-state index in [1.807, 2.05) is 36.4 Å². The quantitative estimate of drug-likeness (QED) is 0.709. The smallest absolute Gasteiger partial charge is 0.214 e. The van der Waals surface area contributed by atoms with Crippen LogP contribution in [-0.2, 0) is 6.54 Å². The molecule has 0 unspecified atom stereocenters. The molecule has 112 valence electrons. The van der Waals surface area contributed by atoms with Gasteiger partial charge in [0.25, 0.3) is 0 Å². The Morgan fingerprint density at radius 2 is 2.00 bits per heavy atom. The monoisotopic (exact) mass is 313 g/mol. The van der Waals surface area contributed by atoms with E-state index in [1.165, 1.54) is 0 Å². The van der Waals surface area contributed by atoms with Gasteiger partial charge in [-0.05, 0) is 30.4 Å². The Kier molecular flexibility index (Phi) is 4.15. The van der Waals surface area contributed by atoms with Crippen molar-refractivity contribution < 1.29 is 4.74 Å². The summed E-state index contributed by atoms with van der Waals surface area (Å²) in [6, 6.07) is 11.6. The Labute approximate surface area is 132 Å². The number of hydrogen-bond donors (Lipinski definition) is 2. The molecule has 0 aliphatic rings. The topological polar surface area (TPSA) is 67.8 Å². The number of aromatic amines is 1. The second kappa shape index (κ2) is 6.40. The molecule has 2 heterocycles. The molecular weight excluding hydrogens is 298 g/mol. The van der Waals surface area contributed by atoms with Gasteiger partial charge in [-0.15, -0.1) is 0 Å². The fraction of sp³-hybridized carbons (Fsp3) is 0.133. The molecule has 1 aromatic carbocycles. The standard InChI is InChI=1S/C15H15N5OS/c1-21-13-5-3-2-4-12(13)10-17-20-14(18-19-15(20)22)11-6-8-16-9-7-11/h2-9,17H,10H2,1H3,(H,19,22). The molecule has 0 fully saturated rings. The molecule has 0 atom stereocenters. The van der Waals surface area contributed by atoms with Crippen molar-refractivity contribution in [3.63, 3.8) is 0 Å². The Morgan fingerprint density at radius 1 is 1.23 bits per heavy atom. The van der Waals surface area contributed by atoms with Crippen LogP contribution in [0.25, 0.3) is 11.4 Å². The van der Waals surface area contributed by atoms with Crippen LogP contribution < -0.4 is 10.2 Å². The summed E-state index contributed by atoms with van der Waals surface area (Å²) in [5, 5.41) is 7.07. The zero-order valence-corrected chi connectivity index (χ0v) is 12.8. The lowest BCUT2D eigenvalue weighted by Gasteiger charge is -2.12. The normalized spacial score (nSPS) is 10.4. The van der Waals surface area contributed by atoms with Crippen molar-refractivity contribution in [3.05, 3.63) is 59.1 Å². The van der Waals surface area contributed by atoms with E-state index in [4.69, 9.17) is 17.0 Å². The molecule has 0 saturated carbocycles. The molecule has 0 amide bonds. The Balaban J connectivity index is 1.87. The summed E-state index contributed by atoms with van der Waals surface area (Å²) in [6.07, 6.45) is 3.44. The Morgan fingerprint density at radius 3 is 2.77 bits per heavy atom. The van der Waals surface area contributed by atoms with Gasteiger partial charge in [0.05, 0.1) is 13.7 Å². The number of benzene rings is 1. The highest BCUT2D eigenvalue weighted by Gasteiger charge is 2.09. The predicted octanol–water partition coefficient (Wildman–Crippen LogP) is 2.75. The maximum Gasteiger partial charge on any atom is 0.214 e. The summed E-state index contributed by atoms with van der Waals surface area (Å²) < 4.78 is 7.60. The third-order valence-corrected chi connectivity index (χ3v) is 3.50. The number of nitrogens with one attached hydrogen (secondary N) is 2. The largest absolute Gasteiger partial charge is 0.496 e. The highest BCUT2D eigenvalue weighted by Crippen LogP contribution is 2.19. The molecule has 0 saturated heterocycles. The molecule has 2 aromatic heterocycles. The molecular formula is C15H15N5OS. The molecule has 7 heteroatoms. The number of aromatic nitrogens is 4. The fourth-order valence-electron chi connectivity index (χ4n) is 2.15. The molecule has 0 bridgehead atoms. The lowest BCUT2D eigenvalue weighted by Crippen LogP contribution is -2.16. The molecule has 3 aromatic rings. The third kappa shape index (κ3) is 2.84. The van der Waals surface area contributed by atoms with Crippen molar-refractivity contribution in [1.82, 2.24) is 19.9 Å². The van der Waals surface area contributed by atoms with E-state index < -0.39 is 0 Å². The van der Waals surface area contributed by atoms with E-state index >= 15 is 0 Å². The van der Waals surface area contributed by atoms with Crippen LogP contribution in [0.3, 0.4) is 0 Å². The Bertz CT molecular complexity index is 812. The van der Waals surface area contributed by atoms with Crippen LogP contribution >= 0.6 is 12.2 Å². The van der Waals surface area contributed by atoms with Crippen LogP contribution in [0.4, 0.5) is 0 Å². The SMILES string of the molecule is COc1ccccc1CNn1c(-c2ccncc2)n[nH]c1=S. The predicted molar refractivity (Wildman–Crippen MR) is 86.7 cm³/mol. The summed E-state index contributed by atoms with van der Waals surface area (Å²) in [5.74, 6) is 1.54. The summed E-state index contributed by atoms with van der Waals surface area (Å²) in [5.41, 5.74) is 5.23. The summed E-state index contributed by atoms with van der Waals surface area (Å²) in [6.45, 7) is 0.565. The van der Waals surface area contributed by atoms with Gasteiger partial charge in [0.1, 0.15) is 5.75 Å².